The number of ether oxygens (including phenoxy) is 1. The van der Waals surface area contributed by atoms with E-state index in [1.807, 2.05) is 6.07 Å². The van der Waals surface area contributed by atoms with Crippen molar-refractivity contribution in [3.63, 3.8) is 0 Å². The number of cyclic esters (lactones) is 1. The minimum atomic E-state index is -0.645. The summed E-state index contributed by atoms with van der Waals surface area (Å²) in [6, 6.07) is 13.3. The Morgan fingerprint density at radius 2 is 1.83 bits per heavy atom. The van der Waals surface area contributed by atoms with Crippen LogP contribution in [0, 0.1) is 10.1 Å². The Bertz CT molecular complexity index is 874. The van der Waals surface area contributed by atoms with Crippen LogP contribution in [0.1, 0.15) is 11.1 Å². The Morgan fingerprint density at radius 1 is 1.13 bits per heavy atom. The van der Waals surface area contributed by atoms with Gasteiger partial charge in [-0.3, -0.25) is 10.1 Å². The molecule has 1 aliphatic rings. The number of carbonyl (C=O) groups excluding carboxylic acids is 1. The fourth-order valence-corrected chi connectivity index (χ4v) is 2.54. The molecule has 114 valence electrons. The molecule has 0 bridgehead atoms. The Kier molecular flexibility index (Phi) is 4.03. The first kappa shape index (κ1) is 15.1. The van der Waals surface area contributed by atoms with Crippen LogP contribution in [-0.4, -0.2) is 16.8 Å². The van der Waals surface area contributed by atoms with E-state index in [2.05, 4.69) is 20.9 Å². The number of carbonyl (C=O) groups is 1. The van der Waals surface area contributed by atoms with Gasteiger partial charge < -0.3 is 4.74 Å². The largest absolute Gasteiger partial charge is 0.402 e. The minimum Gasteiger partial charge on any atom is -0.402 e. The molecule has 0 amide bonds. The Morgan fingerprint density at radius 3 is 2.57 bits per heavy atom. The highest BCUT2D eigenvalue weighted by molar-refractivity contribution is 9.10. The van der Waals surface area contributed by atoms with Crippen LogP contribution in [0.25, 0.3) is 6.08 Å². The molecular weight excluding hydrogens is 364 g/mol. The van der Waals surface area contributed by atoms with Crippen LogP contribution in [0.3, 0.4) is 0 Å². The number of nitro groups is 1. The molecule has 0 unspecified atom stereocenters. The molecule has 0 saturated carbocycles. The van der Waals surface area contributed by atoms with Crippen LogP contribution in [0.4, 0.5) is 5.69 Å². The van der Waals surface area contributed by atoms with Crippen molar-refractivity contribution in [2.45, 2.75) is 0 Å². The van der Waals surface area contributed by atoms with Crippen molar-refractivity contribution in [2.75, 3.05) is 0 Å². The van der Waals surface area contributed by atoms with Gasteiger partial charge in [0.05, 0.1) is 16.1 Å². The number of nitro benzene ring substituents is 1. The second kappa shape index (κ2) is 6.13. The molecule has 0 aromatic heterocycles. The summed E-state index contributed by atoms with van der Waals surface area (Å²) >= 11 is 3.36. The van der Waals surface area contributed by atoms with E-state index in [0.29, 0.717) is 11.1 Å². The molecule has 7 heteroatoms. The van der Waals surface area contributed by atoms with Crippen molar-refractivity contribution in [3.8, 4) is 0 Å². The maximum atomic E-state index is 12.0. The smallest absolute Gasteiger partial charge is 0.363 e. The highest BCUT2D eigenvalue weighted by Crippen LogP contribution is 2.26. The van der Waals surface area contributed by atoms with Crippen LogP contribution in [0.2, 0.25) is 0 Å². The maximum absolute atomic E-state index is 12.0. The average Bonchev–Trinajstić information content (AvgIpc) is 2.89. The van der Waals surface area contributed by atoms with Crippen molar-refractivity contribution in [1.29, 1.82) is 0 Å². The summed E-state index contributed by atoms with van der Waals surface area (Å²) in [5.74, 6) is -0.485. The zero-order valence-electron chi connectivity index (χ0n) is 11.6. The number of hydrogen-bond acceptors (Lipinski definition) is 5. The monoisotopic (exact) mass is 372 g/mol. The molecule has 6 nitrogen and oxygen atoms in total. The number of aliphatic imine (C=N–C) groups is 1. The third kappa shape index (κ3) is 3.04. The van der Waals surface area contributed by atoms with Gasteiger partial charge in [-0.25, -0.2) is 9.79 Å². The zero-order valence-corrected chi connectivity index (χ0v) is 13.2. The van der Waals surface area contributed by atoms with Gasteiger partial charge in [0.2, 0.25) is 5.90 Å². The van der Waals surface area contributed by atoms with Crippen molar-refractivity contribution in [2.24, 2.45) is 4.99 Å². The highest BCUT2D eigenvalue weighted by Gasteiger charge is 2.26. The Balaban J connectivity index is 2.03. The lowest BCUT2D eigenvalue weighted by atomic mass is 10.1. The summed E-state index contributed by atoms with van der Waals surface area (Å²) in [6.45, 7) is 0. The number of hydrogen-bond donors (Lipinski definition) is 0. The van der Waals surface area contributed by atoms with Gasteiger partial charge in [-0.1, -0.05) is 24.3 Å². The second-order valence-corrected chi connectivity index (χ2v) is 5.49. The van der Waals surface area contributed by atoms with Gasteiger partial charge in [0.1, 0.15) is 0 Å². The first-order valence-corrected chi connectivity index (χ1v) is 7.36. The molecule has 3 rings (SSSR count). The maximum Gasteiger partial charge on any atom is 0.363 e. The van der Waals surface area contributed by atoms with E-state index in [4.69, 9.17) is 4.74 Å². The van der Waals surface area contributed by atoms with E-state index >= 15 is 0 Å². The molecule has 0 radical (unpaired) electrons. The summed E-state index contributed by atoms with van der Waals surface area (Å²) in [7, 11) is 0. The van der Waals surface area contributed by atoms with E-state index in [0.717, 1.165) is 4.47 Å². The number of halogens is 1. The summed E-state index contributed by atoms with van der Waals surface area (Å²) < 4.78 is 5.89. The Hall–Kier alpha value is -2.80. The van der Waals surface area contributed by atoms with Gasteiger partial charge in [0, 0.05) is 10.5 Å². The lowest BCUT2D eigenvalue weighted by Crippen LogP contribution is -2.05. The fourth-order valence-electron chi connectivity index (χ4n) is 2.08. The van der Waals surface area contributed by atoms with Gasteiger partial charge in [-0.2, -0.15) is 0 Å². The third-order valence-electron chi connectivity index (χ3n) is 3.15. The molecule has 2 aromatic carbocycles. The molecule has 0 N–H and O–H groups in total. The van der Waals surface area contributed by atoms with E-state index in [-0.39, 0.29) is 17.3 Å². The Labute approximate surface area is 139 Å². The van der Waals surface area contributed by atoms with Gasteiger partial charge >= 0.3 is 5.97 Å². The van der Waals surface area contributed by atoms with Gasteiger partial charge in [0.15, 0.2) is 5.70 Å². The predicted octanol–water partition coefficient (Wildman–Crippen LogP) is 3.70. The lowest BCUT2D eigenvalue weighted by Gasteiger charge is -2.01. The molecule has 0 spiro atoms. The van der Waals surface area contributed by atoms with Crippen LogP contribution < -0.4 is 0 Å². The number of esters is 1. The van der Waals surface area contributed by atoms with Crippen LogP contribution in [-0.2, 0) is 9.53 Å². The quantitative estimate of drug-likeness (QED) is 0.356. The van der Waals surface area contributed by atoms with Crippen molar-refractivity contribution >= 4 is 39.6 Å². The molecular formula is C16H9BrN2O4. The van der Waals surface area contributed by atoms with E-state index in [1.54, 1.807) is 36.4 Å². The topological polar surface area (TPSA) is 81.8 Å². The van der Waals surface area contributed by atoms with Gasteiger partial charge in [0.25, 0.3) is 5.69 Å². The van der Waals surface area contributed by atoms with Crippen molar-refractivity contribution in [3.05, 3.63) is 79.9 Å². The molecule has 0 aliphatic carbocycles. The summed E-state index contributed by atoms with van der Waals surface area (Å²) in [5.41, 5.74) is 0.843. The first-order valence-electron chi connectivity index (χ1n) is 6.57. The van der Waals surface area contributed by atoms with Gasteiger partial charge in [-0.15, -0.1) is 0 Å². The van der Waals surface area contributed by atoms with E-state index in [1.165, 1.54) is 12.1 Å². The van der Waals surface area contributed by atoms with E-state index in [9.17, 15) is 14.9 Å². The molecule has 0 saturated heterocycles. The van der Waals surface area contributed by atoms with Crippen LogP contribution in [0.5, 0.6) is 0 Å². The highest BCUT2D eigenvalue weighted by atomic mass is 79.9. The fraction of sp³-hybridized carbons (Fsp3) is 0. The van der Waals surface area contributed by atoms with E-state index < -0.39 is 10.9 Å². The normalized spacial score (nSPS) is 15.4. The summed E-state index contributed by atoms with van der Waals surface area (Å²) in [6.07, 6.45) is 1.35. The molecule has 23 heavy (non-hydrogen) atoms. The third-order valence-corrected chi connectivity index (χ3v) is 3.84. The number of nitrogens with zero attached hydrogens (tertiary/aromatic N) is 2. The molecule has 0 fully saturated rings. The van der Waals surface area contributed by atoms with Gasteiger partial charge in [-0.05, 0) is 40.2 Å². The zero-order chi connectivity index (χ0) is 16.4. The first-order chi connectivity index (χ1) is 11.1. The standard InChI is InChI=1S/C16H9BrN2O4/c17-12-7-3-2-6-11(12)15-18-13(16(20)23-15)9-10-5-1-4-8-14(10)19(21)22/h1-9H. The molecule has 1 aliphatic heterocycles. The van der Waals surface area contributed by atoms with Crippen LogP contribution >= 0.6 is 15.9 Å². The number of benzene rings is 2. The second-order valence-electron chi connectivity index (χ2n) is 4.63. The lowest BCUT2D eigenvalue weighted by molar-refractivity contribution is -0.385. The predicted molar refractivity (Wildman–Crippen MR) is 87.8 cm³/mol. The SMILES string of the molecule is O=C1OC(c2ccccc2Br)=NC1=Cc1ccccc1[N+](=O)[O-]. The molecule has 2 aromatic rings. The molecule has 0 atom stereocenters. The average molecular weight is 373 g/mol. The summed E-state index contributed by atoms with van der Waals surface area (Å²) in [4.78, 5) is 26.6. The number of para-hydroxylation sites is 1. The van der Waals surface area contributed by atoms with Crippen molar-refractivity contribution < 1.29 is 14.5 Å². The van der Waals surface area contributed by atoms with Crippen molar-refractivity contribution in [1.82, 2.24) is 0 Å². The van der Waals surface area contributed by atoms with Crippen LogP contribution in [0.15, 0.2) is 63.7 Å². The summed E-state index contributed by atoms with van der Waals surface area (Å²) in [5, 5.41) is 11.0. The molecule has 1 heterocycles. The number of rotatable bonds is 3. The minimum absolute atomic E-state index is 0.0186.